The van der Waals surface area contributed by atoms with Crippen LogP contribution in [0.15, 0.2) is 41.5 Å². The molecule has 1 aliphatic heterocycles. The second-order valence-corrected chi connectivity index (χ2v) is 7.08. The van der Waals surface area contributed by atoms with E-state index in [1.54, 1.807) is 52.7 Å². The number of nitrogens with zero attached hydrogens (tertiary/aromatic N) is 2. The van der Waals surface area contributed by atoms with E-state index >= 15 is 0 Å². The van der Waals surface area contributed by atoms with Crippen molar-refractivity contribution in [2.24, 2.45) is 5.10 Å². The second kappa shape index (κ2) is 10.0. The summed E-state index contributed by atoms with van der Waals surface area (Å²) in [5, 5.41) is 14.9. The molecule has 1 atom stereocenters. The lowest BCUT2D eigenvalue weighted by atomic mass is 9.97. The Labute approximate surface area is 186 Å². The van der Waals surface area contributed by atoms with Gasteiger partial charge in [0.15, 0.2) is 11.5 Å². The van der Waals surface area contributed by atoms with E-state index in [9.17, 15) is 9.59 Å². The lowest BCUT2D eigenvalue weighted by molar-refractivity contribution is -0.141. The van der Waals surface area contributed by atoms with Crippen LogP contribution in [0.2, 0.25) is 0 Å². The van der Waals surface area contributed by atoms with E-state index in [0.29, 0.717) is 35.1 Å². The highest BCUT2D eigenvalue weighted by molar-refractivity contribution is 6.03. The first kappa shape index (κ1) is 22.9. The topological polar surface area (TPSA) is 107 Å². The van der Waals surface area contributed by atoms with Gasteiger partial charge in [-0.2, -0.15) is 5.10 Å². The van der Waals surface area contributed by atoms with Crippen molar-refractivity contribution in [2.75, 3.05) is 28.4 Å². The fourth-order valence-electron chi connectivity index (χ4n) is 3.59. The maximum atomic E-state index is 12.9. The standard InChI is InChI=1S/C23H26N2O7/c1-29-15-6-7-16(20(12-15)31-3)18-13-17(24-25(18)22(26)9-10-23(27)28)14-5-8-19(30-2)21(11-14)32-4/h5-8,11-12,18H,9-10,13H2,1-4H3,(H,27,28). The number of ether oxygens (including phenoxy) is 4. The molecule has 0 saturated heterocycles. The summed E-state index contributed by atoms with van der Waals surface area (Å²) < 4.78 is 21.5. The van der Waals surface area contributed by atoms with Crippen molar-refractivity contribution in [2.45, 2.75) is 25.3 Å². The molecule has 2 aromatic carbocycles. The summed E-state index contributed by atoms with van der Waals surface area (Å²) in [6.45, 7) is 0. The Bertz CT molecular complexity index is 1040. The number of hydrogen-bond donors (Lipinski definition) is 1. The van der Waals surface area contributed by atoms with E-state index in [0.717, 1.165) is 11.1 Å². The summed E-state index contributed by atoms with van der Waals surface area (Å²) in [5.41, 5.74) is 2.18. The summed E-state index contributed by atoms with van der Waals surface area (Å²) in [4.78, 5) is 23.9. The van der Waals surface area contributed by atoms with Gasteiger partial charge in [-0.25, -0.2) is 5.01 Å². The summed E-state index contributed by atoms with van der Waals surface area (Å²) in [6.07, 6.45) is -0.0208. The lowest BCUT2D eigenvalue weighted by Crippen LogP contribution is -2.27. The fourth-order valence-corrected chi connectivity index (χ4v) is 3.59. The molecule has 0 radical (unpaired) electrons. The largest absolute Gasteiger partial charge is 0.497 e. The molecule has 1 heterocycles. The second-order valence-electron chi connectivity index (χ2n) is 7.08. The molecule has 0 aliphatic carbocycles. The number of methoxy groups -OCH3 is 4. The zero-order valence-corrected chi connectivity index (χ0v) is 18.5. The molecule has 3 rings (SSSR count). The van der Waals surface area contributed by atoms with Crippen LogP contribution in [-0.4, -0.2) is 56.1 Å². The summed E-state index contributed by atoms with van der Waals surface area (Å²) in [7, 11) is 6.20. The highest BCUT2D eigenvalue weighted by Gasteiger charge is 2.35. The van der Waals surface area contributed by atoms with Gasteiger partial charge >= 0.3 is 5.97 Å². The van der Waals surface area contributed by atoms with Crippen molar-refractivity contribution in [1.29, 1.82) is 0 Å². The zero-order chi connectivity index (χ0) is 23.3. The Morgan fingerprint density at radius 2 is 1.66 bits per heavy atom. The SMILES string of the molecule is COc1ccc(C2CC(c3ccc(OC)c(OC)c3)=NN2C(=O)CCC(=O)O)c(OC)c1. The van der Waals surface area contributed by atoms with Crippen molar-refractivity contribution in [3.63, 3.8) is 0 Å². The Kier molecular flexibility index (Phi) is 7.19. The monoisotopic (exact) mass is 442 g/mol. The molecule has 2 aromatic rings. The van der Waals surface area contributed by atoms with Gasteiger partial charge in [0.25, 0.3) is 0 Å². The van der Waals surface area contributed by atoms with Crippen LogP contribution in [0.1, 0.15) is 36.4 Å². The molecule has 9 nitrogen and oxygen atoms in total. The highest BCUT2D eigenvalue weighted by atomic mass is 16.5. The van der Waals surface area contributed by atoms with Gasteiger partial charge in [0.05, 0.1) is 46.6 Å². The molecule has 32 heavy (non-hydrogen) atoms. The molecule has 170 valence electrons. The van der Waals surface area contributed by atoms with Gasteiger partial charge in [0, 0.05) is 30.0 Å². The molecule has 0 saturated carbocycles. The summed E-state index contributed by atoms with van der Waals surface area (Å²) in [5.74, 6) is 0.869. The minimum Gasteiger partial charge on any atom is -0.497 e. The van der Waals surface area contributed by atoms with Crippen molar-refractivity contribution in [1.82, 2.24) is 5.01 Å². The quantitative estimate of drug-likeness (QED) is 0.635. The molecule has 9 heteroatoms. The first-order chi connectivity index (χ1) is 15.4. The molecule has 0 bridgehead atoms. The number of carboxylic acids is 1. The predicted molar refractivity (Wildman–Crippen MR) is 117 cm³/mol. The minimum absolute atomic E-state index is 0.160. The number of carboxylic acid groups (broad SMARTS) is 1. The van der Waals surface area contributed by atoms with Gasteiger partial charge < -0.3 is 24.1 Å². The van der Waals surface area contributed by atoms with E-state index in [2.05, 4.69) is 5.10 Å². The summed E-state index contributed by atoms with van der Waals surface area (Å²) >= 11 is 0. The molecule has 0 aromatic heterocycles. The molecular formula is C23H26N2O7. The van der Waals surface area contributed by atoms with Gasteiger partial charge in [-0.1, -0.05) is 0 Å². The number of hydrazone groups is 1. The number of aliphatic carboxylic acids is 1. The normalized spacial score (nSPS) is 15.2. The van der Waals surface area contributed by atoms with Crippen LogP contribution < -0.4 is 18.9 Å². The van der Waals surface area contributed by atoms with Crippen LogP contribution >= 0.6 is 0 Å². The molecule has 1 aliphatic rings. The van der Waals surface area contributed by atoms with Gasteiger partial charge in [-0.05, 0) is 30.3 Å². The number of carbonyl (C=O) groups excluding carboxylic acids is 1. The fraction of sp³-hybridized carbons (Fsp3) is 0.348. The maximum absolute atomic E-state index is 12.9. The first-order valence-corrected chi connectivity index (χ1v) is 9.97. The van der Waals surface area contributed by atoms with E-state index in [4.69, 9.17) is 24.1 Å². The first-order valence-electron chi connectivity index (χ1n) is 9.97. The molecule has 1 amide bonds. The van der Waals surface area contributed by atoms with Crippen LogP contribution in [-0.2, 0) is 9.59 Å². The molecule has 0 fully saturated rings. The van der Waals surface area contributed by atoms with Crippen LogP contribution in [0.4, 0.5) is 0 Å². The van der Waals surface area contributed by atoms with Gasteiger partial charge in [-0.15, -0.1) is 0 Å². The predicted octanol–water partition coefficient (Wildman–Crippen LogP) is 3.26. The number of carbonyl (C=O) groups is 2. The van der Waals surface area contributed by atoms with Gasteiger partial charge in [-0.3, -0.25) is 9.59 Å². The number of amides is 1. The van der Waals surface area contributed by atoms with Crippen LogP contribution in [0.3, 0.4) is 0 Å². The highest BCUT2D eigenvalue weighted by Crippen LogP contribution is 2.40. The van der Waals surface area contributed by atoms with E-state index in [-0.39, 0.29) is 18.7 Å². The Hall–Kier alpha value is -3.75. The third-order valence-electron chi connectivity index (χ3n) is 5.24. The summed E-state index contributed by atoms with van der Waals surface area (Å²) in [6, 6.07) is 10.3. The van der Waals surface area contributed by atoms with Gasteiger partial charge in [0.2, 0.25) is 5.91 Å². The van der Waals surface area contributed by atoms with Crippen molar-refractivity contribution in [3.05, 3.63) is 47.5 Å². The zero-order valence-electron chi connectivity index (χ0n) is 18.5. The third kappa shape index (κ3) is 4.77. The Morgan fingerprint density at radius 3 is 2.28 bits per heavy atom. The number of benzene rings is 2. The Morgan fingerprint density at radius 1 is 0.938 bits per heavy atom. The number of hydrogen-bond acceptors (Lipinski definition) is 7. The average molecular weight is 442 g/mol. The van der Waals surface area contributed by atoms with E-state index in [1.165, 1.54) is 5.01 Å². The van der Waals surface area contributed by atoms with E-state index < -0.39 is 12.0 Å². The molecule has 0 spiro atoms. The van der Waals surface area contributed by atoms with Crippen molar-refractivity contribution < 1.29 is 33.6 Å². The minimum atomic E-state index is -1.04. The van der Waals surface area contributed by atoms with E-state index in [1.807, 2.05) is 12.1 Å². The average Bonchev–Trinajstić information content (AvgIpc) is 3.26. The molecular weight excluding hydrogens is 416 g/mol. The van der Waals surface area contributed by atoms with Crippen LogP contribution in [0.5, 0.6) is 23.0 Å². The van der Waals surface area contributed by atoms with Crippen LogP contribution in [0, 0.1) is 0 Å². The maximum Gasteiger partial charge on any atom is 0.303 e. The van der Waals surface area contributed by atoms with Crippen LogP contribution in [0.25, 0.3) is 0 Å². The molecule has 1 unspecified atom stereocenters. The lowest BCUT2D eigenvalue weighted by Gasteiger charge is -2.23. The number of rotatable bonds is 9. The Balaban J connectivity index is 2.00. The smallest absolute Gasteiger partial charge is 0.303 e. The molecule has 1 N–H and O–H groups in total. The third-order valence-corrected chi connectivity index (χ3v) is 5.24. The van der Waals surface area contributed by atoms with Crippen molar-refractivity contribution in [3.8, 4) is 23.0 Å². The van der Waals surface area contributed by atoms with Gasteiger partial charge in [0.1, 0.15) is 11.5 Å². The van der Waals surface area contributed by atoms with Crippen molar-refractivity contribution >= 4 is 17.6 Å².